The van der Waals surface area contributed by atoms with Crippen molar-refractivity contribution in [2.24, 2.45) is 0 Å². The van der Waals surface area contributed by atoms with Gasteiger partial charge in [0, 0.05) is 29.5 Å². The van der Waals surface area contributed by atoms with Gasteiger partial charge >= 0.3 is 0 Å². The van der Waals surface area contributed by atoms with E-state index in [1.54, 1.807) is 7.11 Å². The lowest BCUT2D eigenvalue weighted by atomic mass is 9.95. The summed E-state index contributed by atoms with van der Waals surface area (Å²) >= 11 is 5.17. The zero-order valence-electron chi connectivity index (χ0n) is 19.1. The van der Waals surface area contributed by atoms with Gasteiger partial charge in [-0.1, -0.05) is 35.9 Å². The normalized spacial score (nSPS) is 21.8. The number of aromatic nitrogens is 2. The number of ether oxygens (including phenoxy) is 2. The molecule has 0 atom stereocenters. The van der Waals surface area contributed by atoms with E-state index in [-0.39, 0.29) is 15.6 Å². The van der Waals surface area contributed by atoms with E-state index in [9.17, 15) is 4.55 Å². The van der Waals surface area contributed by atoms with Crippen molar-refractivity contribution in [2.45, 2.75) is 56.1 Å². The lowest BCUT2D eigenvalue weighted by Gasteiger charge is -2.46. The first-order valence-electron chi connectivity index (χ1n) is 10.7. The molecule has 170 valence electrons. The molecule has 3 aromatic rings. The van der Waals surface area contributed by atoms with Gasteiger partial charge in [-0.3, -0.25) is 0 Å². The van der Waals surface area contributed by atoms with Crippen LogP contribution in [0.3, 0.4) is 0 Å². The molecule has 1 aliphatic rings. The Morgan fingerprint density at radius 1 is 1.03 bits per heavy atom. The third-order valence-corrected chi connectivity index (χ3v) is 8.46. The van der Waals surface area contributed by atoms with Crippen molar-refractivity contribution in [3.63, 3.8) is 0 Å². The average Bonchev–Trinajstić information content (AvgIpc) is 3.15. The van der Waals surface area contributed by atoms with Crippen LogP contribution in [0.5, 0.6) is 11.6 Å². The number of halogens is 1. The molecule has 5 nitrogen and oxygen atoms in total. The van der Waals surface area contributed by atoms with Crippen LogP contribution in [-0.2, 0) is 11.2 Å². The summed E-state index contributed by atoms with van der Waals surface area (Å²) in [5, 5.41) is 5.48. The molecule has 1 aliphatic heterocycles. The molecule has 7 heteroatoms. The van der Waals surface area contributed by atoms with Crippen molar-refractivity contribution in [3.05, 3.63) is 59.6 Å². The first-order chi connectivity index (χ1) is 15.1. The summed E-state index contributed by atoms with van der Waals surface area (Å²) in [4.78, 5) is 0. The van der Waals surface area contributed by atoms with Gasteiger partial charge in [0.2, 0.25) is 5.88 Å². The van der Waals surface area contributed by atoms with Gasteiger partial charge in [-0.05, 0) is 63.1 Å². The van der Waals surface area contributed by atoms with Gasteiger partial charge in [0.15, 0.2) is 0 Å². The fourth-order valence-corrected chi connectivity index (χ4v) is 6.85. The van der Waals surface area contributed by atoms with Crippen LogP contribution < -0.4 is 9.47 Å². The summed E-state index contributed by atoms with van der Waals surface area (Å²) in [5.74, 6) is 1.25. The maximum Gasteiger partial charge on any atom is 0.234 e. The van der Waals surface area contributed by atoms with E-state index >= 15 is 0 Å². The molecule has 0 aliphatic carbocycles. The third kappa shape index (κ3) is 4.49. The van der Waals surface area contributed by atoms with Crippen LogP contribution >= 0.6 is 11.6 Å². The van der Waals surface area contributed by atoms with Gasteiger partial charge in [-0.15, -0.1) is 5.10 Å². The molecule has 1 saturated heterocycles. The summed E-state index contributed by atoms with van der Waals surface area (Å²) in [6, 6.07) is 17.3. The van der Waals surface area contributed by atoms with E-state index in [1.807, 2.05) is 87.0 Å². The minimum atomic E-state index is -0.939. The van der Waals surface area contributed by atoms with Gasteiger partial charge < -0.3 is 14.0 Å². The quantitative estimate of drug-likeness (QED) is 0.424. The first-order valence-corrected chi connectivity index (χ1v) is 12.2. The Bertz CT molecular complexity index is 1080. The predicted octanol–water partition coefficient (Wildman–Crippen LogP) is 6.05. The number of methoxy groups -OCH3 is 1. The van der Waals surface area contributed by atoms with Gasteiger partial charge in [0.1, 0.15) is 27.0 Å². The van der Waals surface area contributed by atoms with Crippen molar-refractivity contribution in [1.29, 1.82) is 0 Å². The molecule has 2 heterocycles. The molecule has 0 bridgehead atoms. The van der Waals surface area contributed by atoms with Crippen LogP contribution in [0.2, 0.25) is 5.02 Å². The summed E-state index contributed by atoms with van der Waals surface area (Å²) in [6.45, 7) is 8.19. The summed E-state index contributed by atoms with van der Waals surface area (Å²) in [5.41, 5.74) is 2.66. The highest BCUT2D eigenvalue weighted by Crippen LogP contribution is 2.43. The molecule has 0 N–H and O–H groups in total. The summed E-state index contributed by atoms with van der Waals surface area (Å²) in [6.07, 6.45) is 1.35. The van der Waals surface area contributed by atoms with Crippen LogP contribution in [-0.4, -0.2) is 37.0 Å². The number of para-hydroxylation sites is 2. The monoisotopic (exact) mass is 472 g/mol. The van der Waals surface area contributed by atoms with Gasteiger partial charge in [0.05, 0.1) is 12.8 Å². The second-order valence-electron chi connectivity index (χ2n) is 9.39. The lowest BCUT2D eigenvalue weighted by molar-refractivity contribution is 0.138. The van der Waals surface area contributed by atoms with Crippen molar-refractivity contribution >= 4 is 22.8 Å². The van der Waals surface area contributed by atoms with Crippen LogP contribution in [0.4, 0.5) is 0 Å². The Morgan fingerprint density at radius 2 is 1.66 bits per heavy atom. The first kappa shape index (κ1) is 23.0. The Morgan fingerprint density at radius 3 is 2.28 bits per heavy atom. The van der Waals surface area contributed by atoms with Crippen molar-refractivity contribution in [1.82, 2.24) is 9.78 Å². The second-order valence-corrected chi connectivity index (χ2v) is 12.6. The SMILES string of the molecule is COc1ccccc1-n1nc(O[C@H]2CC(C)(C)[S@+]([O-])C(C)(C)C2)cc1-c1ccc(Cl)cc1. The van der Waals surface area contributed by atoms with E-state index < -0.39 is 11.2 Å². The van der Waals surface area contributed by atoms with Gasteiger partial charge in [-0.2, -0.15) is 0 Å². The predicted molar refractivity (Wildman–Crippen MR) is 131 cm³/mol. The maximum absolute atomic E-state index is 12.9. The van der Waals surface area contributed by atoms with E-state index in [0.717, 1.165) is 16.9 Å². The largest absolute Gasteiger partial charge is 0.616 e. The highest BCUT2D eigenvalue weighted by Gasteiger charge is 2.51. The van der Waals surface area contributed by atoms with Crippen LogP contribution in [0.25, 0.3) is 16.9 Å². The van der Waals surface area contributed by atoms with Crippen LogP contribution in [0, 0.1) is 0 Å². The molecule has 4 rings (SSSR count). The number of hydrogen-bond acceptors (Lipinski definition) is 4. The highest BCUT2D eigenvalue weighted by atomic mass is 35.5. The molecular weight excluding hydrogens is 444 g/mol. The Kier molecular flexibility index (Phi) is 6.23. The minimum Gasteiger partial charge on any atom is -0.616 e. The molecule has 0 spiro atoms. The van der Waals surface area contributed by atoms with Gasteiger partial charge in [-0.25, -0.2) is 4.68 Å². The molecule has 0 amide bonds. The summed E-state index contributed by atoms with van der Waals surface area (Å²) in [7, 11) is 1.65. The molecule has 2 aromatic carbocycles. The van der Waals surface area contributed by atoms with Crippen molar-refractivity contribution in [2.75, 3.05) is 7.11 Å². The van der Waals surface area contributed by atoms with Crippen molar-refractivity contribution in [3.8, 4) is 28.6 Å². The molecule has 1 fully saturated rings. The van der Waals surface area contributed by atoms with Crippen molar-refractivity contribution < 1.29 is 14.0 Å². The Balaban J connectivity index is 1.74. The molecule has 32 heavy (non-hydrogen) atoms. The zero-order valence-corrected chi connectivity index (χ0v) is 20.7. The third-order valence-electron chi connectivity index (χ3n) is 5.87. The Labute approximate surface area is 197 Å². The molecule has 0 saturated carbocycles. The Hall–Kier alpha value is -2.15. The molecule has 1 aromatic heterocycles. The smallest absolute Gasteiger partial charge is 0.234 e. The van der Waals surface area contributed by atoms with E-state index in [1.165, 1.54) is 0 Å². The molecular formula is C25H29ClN2O3S. The zero-order chi connectivity index (χ0) is 23.1. The minimum absolute atomic E-state index is 0.0724. The number of hydrogen-bond donors (Lipinski definition) is 0. The van der Waals surface area contributed by atoms with E-state index in [0.29, 0.717) is 29.5 Å². The van der Waals surface area contributed by atoms with E-state index in [4.69, 9.17) is 26.2 Å². The fraction of sp³-hybridized carbons (Fsp3) is 0.400. The molecule has 0 radical (unpaired) electrons. The van der Waals surface area contributed by atoms with Gasteiger partial charge in [0.25, 0.3) is 0 Å². The van der Waals surface area contributed by atoms with Crippen LogP contribution in [0.15, 0.2) is 54.6 Å². The maximum atomic E-state index is 12.9. The number of nitrogens with zero attached hydrogens (tertiary/aromatic N) is 2. The lowest BCUT2D eigenvalue weighted by Crippen LogP contribution is -2.55. The second kappa shape index (κ2) is 8.65. The topological polar surface area (TPSA) is 59.3 Å². The standard InChI is InChI=1S/C25H29ClN2O3S/c1-24(2)15-19(16-25(3,4)32(24)29)31-23-14-21(17-10-12-18(26)13-11-17)28(27-23)20-8-6-7-9-22(20)30-5/h6-14,19H,15-16H2,1-5H3/t19-,32-. The molecule has 0 unspecified atom stereocenters. The van der Waals surface area contributed by atoms with E-state index in [2.05, 4.69) is 0 Å². The average molecular weight is 473 g/mol. The number of rotatable bonds is 5. The fourth-order valence-electron chi connectivity index (χ4n) is 4.55. The van der Waals surface area contributed by atoms with Crippen LogP contribution in [0.1, 0.15) is 40.5 Å². The summed E-state index contributed by atoms with van der Waals surface area (Å²) < 4.78 is 26.1. The highest BCUT2D eigenvalue weighted by molar-refractivity contribution is 7.94. The number of benzene rings is 2.